The van der Waals surface area contributed by atoms with Crippen molar-refractivity contribution >= 4 is 11.6 Å². The Morgan fingerprint density at radius 3 is 2.53 bits per heavy atom. The van der Waals surface area contributed by atoms with Crippen LogP contribution in [0.3, 0.4) is 0 Å². The number of benzene rings is 3. The second-order valence-electron chi connectivity index (χ2n) is 8.52. The predicted molar refractivity (Wildman–Crippen MR) is 119 cm³/mol. The SMILES string of the molecule is Cc1ccc(NC(=O)c2ccc(COc3cccc4c3OC(C)(C)C4)cc2)cc1C. The highest BCUT2D eigenvalue weighted by Gasteiger charge is 2.32. The summed E-state index contributed by atoms with van der Waals surface area (Å²) in [6, 6.07) is 19.4. The van der Waals surface area contributed by atoms with Crippen LogP contribution in [-0.2, 0) is 13.0 Å². The second kappa shape index (κ2) is 7.86. The molecule has 0 radical (unpaired) electrons. The number of carbonyl (C=O) groups is 1. The molecule has 154 valence electrons. The smallest absolute Gasteiger partial charge is 0.255 e. The van der Waals surface area contributed by atoms with Crippen molar-refractivity contribution in [2.75, 3.05) is 5.32 Å². The number of ether oxygens (including phenoxy) is 2. The van der Waals surface area contributed by atoms with Crippen LogP contribution in [-0.4, -0.2) is 11.5 Å². The van der Waals surface area contributed by atoms with E-state index < -0.39 is 0 Å². The minimum Gasteiger partial charge on any atom is -0.485 e. The Morgan fingerprint density at radius 2 is 1.80 bits per heavy atom. The highest BCUT2D eigenvalue weighted by Crippen LogP contribution is 2.41. The standard InChI is InChI=1S/C26H27NO3/c1-17-8-13-22(14-18(17)2)27-25(28)20-11-9-19(10-12-20)16-29-23-7-5-6-21-15-26(3,4)30-24(21)23/h5-14H,15-16H2,1-4H3,(H,27,28). The Hall–Kier alpha value is -3.27. The molecule has 0 unspecified atom stereocenters. The van der Waals surface area contributed by atoms with E-state index in [1.807, 2.05) is 61.5 Å². The van der Waals surface area contributed by atoms with Crippen LogP contribution in [0.4, 0.5) is 5.69 Å². The molecule has 1 amide bonds. The number of rotatable bonds is 5. The van der Waals surface area contributed by atoms with Crippen LogP contribution in [0.5, 0.6) is 11.5 Å². The first kappa shape index (κ1) is 20.0. The van der Waals surface area contributed by atoms with E-state index in [2.05, 4.69) is 32.2 Å². The molecule has 0 aliphatic carbocycles. The van der Waals surface area contributed by atoms with Gasteiger partial charge in [-0.2, -0.15) is 0 Å². The van der Waals surface area contributed by atoms with Gasteiger partial charge in [-0.1, -0.05) is 30.3 Å². The first-order valence-electron chi connectivity index (χ1n) is 10.2. The number of nitrogens with one attached hydrogen (secondary N) is 1. The topological polar surface area (TPSA) is 47.6 Å². The van der Waals surface area contributed by atoms with Crippen LogP contribution in [0.2, 0.25) is 0 Å². The fourth-order valence-electron chi connectivity index (χ4n) is 3.64. The Morgan fingerprint density at radius 1 is 1.03 bits per heavy atom. The summed E-state index contributed by atoms with van der Waals surface area (Å²) in [5, 5.41) is 2.95. The highest BCUT2D eigenvalue weighted by molar-refractivity contribution is 6.04. The van der Waals surface area contributed by atoms with E-state index in [1.165, 1.54) is 11.1 Å². The first-order chi connectivity index (χ1) is 14.3. The van der Waals surface area contributed by atoms with Gasteiger partial charge in [-0.3, -0.25) is 4.79 Å². The molecule has 30 heavy (non-hydrogen) atoms. The quantitative estimate of drug-likeness (QED) is 0.583. The molecular formula is C26H27NO3. The number of anilines is 1. The van der Waals surface area contributed by atoms with Crippen molar-refractivity contribution in [3.8, 4) is 11.5 Å². The third kappa shape index (κ3) is 4.33. The molecule has 0 saturated heterocycles. The third-order valence-electron chi connectivity index (χ3n) is 5.43. The molecular weight excluding hydrogens is 374 g/mol. The fraction of sp³-hybridized carbons (Fsp3) is 0.269. The molecule has 3 aromatic carbocycles. The number of aryl methyl sites for hydroxylation is 2. The number of carbonyl (C=O) groups excluding carboxylic acids is 1. The predicted octanol–water partition coefficient (Wildman–Crippen LogP) is 5.85. The summed E-state index contributed by atoms with van der Waals surface area (Å²) in [5.41, 5.74) is 5.74. The van der Waals surface area contributed by atoms with E-state index >= 15 is 0 Å². The lowest BCUT2D eigenvalue weighted by molar-refractivity contribution is 0.102. The summed E-state index contributed by atoms with van der Waals surface area (Å²) in [6.45, 7) is 8.67. The zero-order valence-corrected chi connectivity index (χ0v) is 17.9. The molecule has 0 bridgehead atoms. The Kier molecular flexibility index (Phi) is 5.25. The lowest BCUT2D eigenvalue weighted by Crippen LogP contribution is -2.24. The Labute approximate surface area is 177 Å². The van der Waals surface area contributed by atoms with E-state index in [4.69, 9.17) is 9.47 Å². The van der Waals surface area contributed by atoms with Gasteiger partial charge in [0.1, 0.15) is 12.2 Å². The van der Waals surface area contributed by atoms with E-state index in [9.17, 15) is 4.79 Å². The largest absolute Gasteiger partial charge is 0.485 e. The molecule has 0 aromatic heterocycles. The molecule has 4 heteroatoms. The maximum Gasteiger partial charge on any atom is 0.255 e. The molecule has 4 nitrogen and oxygen atoms in total. The van der Waals surface area contributed by atoms with E-state index in [0.717, 1.165) is 34.7 Å². The summed E-state index contributed by atoms with van der Waals surface area (Å²) in [6.07, 6.45) is 0.879. The van der Waals surface area contributed by atoms with Gasteiger partial charge < -0.3 is 14.8 Å². The van der Waals surface area contributed by atoms with Gasteiger partial charge in [0.2, 0.25) is 0 Å². The zero-order valence-electron chi connectivity index (χ0n) is 17.9. The molecule has 1 aliphatic rings. The van der Waals surface area contributed by atoms with Gasteiger partial charge in [-0.05, 0) is 74.7 Å². The molecule has 0 spiro atoms. The van der Waals surface area contributed by atoms with Gasteiger partial charge in [-0.15, -0.1) is 0 Å². The number of fused-ring (bicyclic) bond motifs is 1. The minimum atomic E-state index is -0.202. The Bertz CT molecular complexity index is 1080. The van der Waals surface area contributed by atoms with Crippen LogP contribution >= 0.6 is 0 Å². The van der Waals surface area contributed by atoms with Gasteiger partial charge in [0, 0.05) is 23.2 Å². The normalized spacial score (nSPS) is 14.0. The van der Waals surface area contributed by atoms with Gasteiger partial charge in [0.15, 0.2) is 11.5 Å². The van der Waals surface area contributed by atoms with Crippen molar-refractivity contribution < 1.29 is 14.3 Å². The minimum absolute atomic E-state index is 0.123. The van der Waals surface area contributed by atoms with E-state index in [0.29, 0.717) is 12.2 Å². The lowest BCUT2D eigenvalue weighted by atomic mass is 10.0. The van der Waals surface area contributed by atoms with Gasteiger partial charge >= 0.3 is 0 Å². The maximum absolute atomic E-state index is 12.5. The second-order valence-corrected chi connectivity index (χ2v) is 8.52. The summed E-state index contributed by atoms with van der Waals surface area (Å²) in [5.74, 6) is 1.48. The van der Waals surface area contributed by atoms with Crippen LogP contribution in [0.15, 0.2) is 60.7 Å². The van der Waals surface area contributed by atoms with Crippen molar-refractivity contribution in [1.29, 1.82) is 0 Å². The van der Waals surface area contributed by atoms with Gasteiger partial charge in [0.25, 0.3) is 5.91 Å². The van der Waals surface area contributed by atoms with Gasteiger partial charge in [0.05, 0.1) is 0 Å². The molecule has 0 atom stereocenters. The number of amides is 1. The Balaban J connectivity index is 1.39. The van der Waals surface area contributed by atoms with Crippen molar-refractivity contribution in [3.05, 3.63) is 88.5 Å². The summed E-state index contributed by atoms with van der Waals surface area (Å²) >= 11 is 0. The average molecular weight is 402 g/mol. The highest BCUT2D eigenvalue weighted by atomic mass is 16.5. The van der Waals surface area contributed by atoms with Gasteiger partial charge in [-0.25, -0.2) is 0 Å². The summed E-state index contributed by atoms with van der Waals surface area (Å²) in [7, 11) is 0. The summed E-state index contributed by atoms with van der Waals surface area (Å²) < 4.78 is 12.1. The first-order valence-corrected chi connectivity index (χ1v) is 10.2. The van der Waals surface area contributed by atoms with Crippen LogP contribution in [0, 0.1) is 13.8 Å². The van der Waals surface area contributed by atoms with Crippen molar-refractivity contribution in [1.82, 2.24) is 0 Å². The van der Waals surface area contributed by atoms with Crippen LogP contribution in [0.25, 0.3) is 0 Å². The number of hydrogen-bond donors (Lipinski definition) is 1. The van der Waals surface area contributed by atoms with Crippen LogP contribution < -0.4 is 14.8 Å². The van der Waals surface area contributed by atoms with E-state index in [-0.39, 0.29) is 11.5 Å². The van der Waals surface area contributed by atoms with Crippen LogP contribution in [0.1, 0.15) is 46.5 Å². The fourth-order valence-corrected chi connectivity index (χ4v) is 3.64. The molecule has 0 saturated carbocycles. The number of hydrogen-bond acceptors (Lipinski definition) is 3. The maximum atomic E-state index is 12.5. The zero-order chi connectivity index (χ0) is 21.3. The van der Waals surface area contributed by atoms with E-state index in [1.54, 1.807) is 0 Å². The monoisotopic (exact) mass is 401 g/mol. The van der Waals surface area contributed by atoms with Crippen molar-refractivity contribution in [2.24, 2.45) is 0 Å². The van der Waals surface area contributed by atoms with Crippen molar-refractivity contribution in [2.45, 2.75) is 46.3 Å². The molecule has 1 aliphatic heterocycles. The molecule has 1 N–H and O–H groups in total. The lowest BCUT2D eigenvalue weighted by Gasteiger charge is -2.18. The molecule has 1 heterocycles. The molecule has 3 aromatic rings. The average Bonchev–Trinajstić information content (AvgIpc) is 3.04. The van der Waals surface area contributed by atoms with Crippen molar-refractivity contribution in [3.63, 3.8) is 0 Å². The molecule has 4 rings (SSSR count). The summed E-state index contributed by atoms with van der Waals surface area (Å²) in [4.78, 5) is 12.5. The third-order valence-corrected chi connectivity index (χ3v) is 5.43. The molecule has 0 fully saturated rings. The number of para-hydroxylation sites is 1.